The van der Waals surface area contributed by atoms with E-state index in [1.165, 1.54) is 64.2 Å². The number of esters is 3. The number of ether oxygens (including phenoxy) is 3. The van der Waals surface area contributed by atoms with Gasteiger partial charge in [-0.1, -0.05) is 195 Å². The Bertz CT molecular complexity index is 1220. The van der Waals surface area contributed by atoms with Gasteiger partial charge in [0.2, 0.25) is 0 Å². The summed E-state index contributed by atoms with van der Waals surface area (Å²) in [6, 6.07) is 0. The Morgan fingerprint density at radius 1 is 0.356 bits per heavy atom. The predicted octanol–water partition coefficient (Wildman–Crippen LogP) is 15.4. The molecule has 0 bridgehead atoms. The quantitative estimate of drug-likeness (QED) is 0.0265. The molecule has 1 unspecified atom stereocenters. The summed E-state index contributed by atoms with van der Waals surface area (Å²) in [6.07, 6.45) is 61.2. The van der Waals surface area contributed by atoms with Gasteiger partial charge in [-0.2, -0.15) is 0 Å². The SMILES string of the molecule is CC/C=C\C/C=C\C/C=C\C/C=C\C/C=C\CCC(=O)OCC(COC(=O)CCCC/C=C\C/C=C\C/C=C\CC)OC(=O)CCCCCCCCCCCCCCC. The van der Waals surface area contributed by atoms with E-state index >= 15 is 0 Å². The van der Waals surface area contributed by atoms with Gasteiger partial charge in [-0.05, 0) is 83.5 Å². The number of hydrogen-bond donors (Lipinski definition) is 0. The number of unbranched alkanes of at least 4 members (excludes halogenated alkanes) is 14. The van der Waals surface area contributed by atoms with E-state index in [0.717, 1.165) is 89.9 Å². The largest absolute Gasteiger partial charge is 0.462 e. The van der Waals surface area contributed by atoms with Crippen LogP contribution < -0.4 is 0 Å². The Hall–Kier alpha value is -3.67. The lowest BCUT2D eigenvalue weighted by molar-refractivity contribution is -0.166. The summed E-state index contributed by atoms with van der Waals surface area (Å²) in [5.74, 6) is -1.05. The molecule has 0 aliphatic heterocycles. The number of rotatable bonds is 41. The van der Waals surface area contributed by atoms with Crippen molar-refractivity contribution in [2.24, 2.45) is 0 Å². The second-order valence-corrected chi connectivity index (χ2v) is 15.3. The maximum Gasteiger partial charge on any atom is 0.306 e. The van der Waals surface area contributed by atoms with E-state index in [0.29, 0.717) is 19.3 Å². The molecule has 0 rings (SSSR count). The van der Waals surface area contributed by atoms with Crippen LogP contribution in [0, 0.1) is 0 Å². The highest BCUT2D eigenvalue weighted by molar-refractivity contribution is 5.71. The molecule has 0 fully saturated rings. The molecule has 0 amide bonds. The van der Waals surface area contributed by atoms with Gasteiger partial charge < -0.3 is 14.2 Å². The van der Waals surface area contributed by atoms with Crippen molar-refractivity contribution < 1.29 is 28.6 Å². The fourth-order valence-electron chi connectivity index (χ4n) is 6.09. The van der Waals surface area contributed by atoms with Gasteiger partial charge in [0.25, 0.3) is 0 Å². The van der Waals surface area contributed by atoms with Gasteiger partial charge in [0.05, 0.1) is 0 Å². The molecule has 6 heteroatoms. The van der Waals surface area contributed by atoms with Crippen LogP contribution in [-0.4, -0.2) is 37.2 Å². The van der Waals surface area contributed by atoms with E-state index < -0.39 is 6.10 Å². The van der Waals surface area contributed by atoms with Crippen LogP contribution >= 0.6 is 0 Å². The first-order valence-electron chi connectivity index (χ1n) is 23.7. The normalized spacial score (nSPS) is 12.9. The summed E-state index contributed by atoms with van der Waals surface area (Å²) in [6.45, 7) is 6.28. The average Bonchev–Trinajstić information content (AvgIpc) is 3.23. The molecule has 0 aromatic heterocycles. The second-order valence-electron chi connectivity index (χ2n) is 15.3. The Balaban J connectivity index is 4.55. The lowest BCUT2D eigenvalue weighted by Crippen LogP contribution is -2.30. The highest BCUT2D eigenvalue weighted by atomic mass is 16.6. The van der Waals surface area contributed by atoms with E-state index in [4.69, 9.17) is 14.2 Å². The van der Waals surface area contributed by atoms with Gasteiger partial charge in [-0.25, -0.2) is 0 Å². The smallest absolute Gasteiger partial charge is 0.306 e. The van der Waals surface area contributed by atoms with Gasteiger partial charge >= 0.3 is 17.9 Å². The van der Waals surface area contributed by atoms with Crippen molar-refractivity contribution in [3.8, 4) is 0 Å². The number of allylic oxidation sites excluding steroid dienone is 16. The summed E-state index contributed by atoms with van der Waals surface area (Å²) in [4.78, 5) is 37.8. The number of hydrogen-bond acceptors (Lipinski definition) is 6. The standard InChI is InChI=1S/C53H86O6/c1-4-7-10-13-16-19-22-25-26-27-29-31-34-37-40-43-46-52(55)58-49-50(48-57-51(54)45-42-39-36-33-30-24-21-18-15-12-9-6-3)59-53(56)47-44-41-38-35-32-28-23-20-17-14-11-8-5-2/h7,9-10,12,16,18-19,21,25-26,29-31,33,37,40,50H,4-6,8,11,13-15,17,20,22-24,27-28,32,34-36,38-39,41-49H2,1-3H3/b10-7-,12-9-,19-16-,21-18-,26-25-,31-29-,33-30-,40-37-. The van der Waals surface area contributed by atoms with Crippen molar-refractivity contribution in [2.75, 3.05) is 13.2 Å². The Morgan fingerprint density at radius 3 is 1.14 bits per heavy atom. The summed E-state index contributed by atoms with van der Waals surface area (Å²) in [5.41, 5.74) is 0. The van der Waals surface area contributed by atoms with Gasteiger partial charge in [0.1, 0.15) is 13.2 Å². The fourth-order valence-corrected chi connectivity index (χ4v) is 6.09. The minimum absolute atomic E-state index is 0.120. The van der Waals surface area contributed by atoms with Gasteiger partial charge in [0, 0.05) is 19.3 Å². The van der Waals surface area contributed by atoms with Crippen LogP contribution in [0.2, 0.25) is 0 Å². The average molecular weight is 819 g/mol. The van der Waals surface area contributed by atoms with Crippen LogP contribution in [-0.2, 0) is 28.6 Å². The number of carbonyl (C=O) groups is 3. The molecular weight excluding hydrogens is 733 g/mol. The molecular formula is C53H86O6. The topological polar surface area (TPSA) is 78.9 Å². The molecule has 0 saturated heterocycles. The monoisotopic (exact) mass is 819 g/mol. The Labute approximate surface area is 362 Å². The second kappa shape index (κ2) is 47.0. The molecule has 0 radical (unpaired) electrons. The molecule has 0 N–H and O–H groups in total. The first kappa shape index (κ1) is 55.3. The summed E-state index contributed by atoms with van der Waals surface area (Å²) in [5, 5.41) is 0. The van der Waals surface area contributed by atoms with Crippen molar-refractivity contribution in [1.29, 1.82) is 0 Å². The maximum atomic E-state index is 12.7. The van der Waals surface area contributed by atoms with E-state index in [1.807, 2.05) is 12.2 Å². The molecule has 6 nitrogen and oxygen atoms in total. The Kier molecular flexibility index (Phi) is 44.1. The van der Waals surface area contributed by atoms with Crippen molar-refractivity contribution in [2.45, 2.75) is 207 Å². The van der Waals surface area contributed by atoms with Crippen LogP contribution in [0.4, 0.5) is 0 Å². The molecule has 0 saturated carbocycles. The third-order valence-electron chi connectivity index (χ3n) is 9.60. The van der Waals surface area contributed by atoms with E-state index in [-0.39, 0.29) is 37.5 Å². The maximum absolute atomic E-state index is 12.7. The lowest BCUT2D eigenvalue weighted by Gasteiger charge is -2.18. The zero-order valence-corrected chi connectivity index (χ0v) is 38.0. The van der Waals surface area contributed by atoms with Crippen molar-refractivity contribution in [3.05, 3.63) is 97.2 Å². The minimum atomic E-state index is -0.820. The van der Waals surface area contributed by atoms with Crippen molar-refractivity contribution in [1.82, 2.24) is 0 Å². The van der Waals surface area contributed by atoms with Gasteiger partial charge in [-0.15, -0.1) is 0 Å². The summed E-state index contributed by atoms with van der Waals surface area (Å²) >= 11 is 0. The molecule has 0 spiro atoms. The first-order chi connectivity index (χ1) is 29.0. The lowest BCUT2D eigenvalue weighted by atomic mass is 10.0. The molecule has 0 aliphatic rings. The van der Waals surface area contributed by atoms with Gasteiger partial charge in [0.15, 0.2) is 6.10 Å². The molecule has 1 atom stereocenters. The third-order valence-corrected chi connectivity index (χ3v) is 9.60. The Morgan fingerprint density at radius 2 is 0.695 bits per heavy atom. The highest BCUT2D eigenvalue weighted by Crippen LogP contribution is 2.14. The molecule has 59 heavy (non-hydrogen) atoms. The molecule has 0 aromatic carbocycles. The molecule has 0 heterocycles. The van der Waals surface area contributed by atoms with Crippen LogP contribution in [0.3, 0.4) is 0 Å². The molecule has 334 valence electrons. The summed E-state index contributed by atoms with van der Waals surface area (Å²) in [7, 11) is 0. The fraction of sp³-hybridized carbons (Fsp3) is 0.642. The zero-order chi connectivity index (χ0) is 43.0. The van der Waals surface area contributed by atoms with E-state index in [1.54, 1.807) is 0 Å². The van der Waals surface area contributed by atoms with Crippen LogP contribution in [0.25, 0.3) is 0 Å². The summed E-state index contributed by atoms with van der Waals surface area (Å²) < 4.78 is 16.6. The van der Waals surface area contributed by atoms with Crippen LogP contribution in [0.5, 0.6) is 0 Å². The van der Waals surface area contributed by atoms with Gasteiger partial charge in [-0.3, -0.25) is 14.4 Å². The number of carbonyl (C=O) groups excluding carboxylic acids is 3. The first-order valence-corrected chi connectivity index (χ1v) is 23.7. The van der Waals surface area contributed by atoms with E-state index in [2.05, 4.69) is 106 Å². The predicted molar refractivity (Wildman–Crippen MR) is 251 cm³/mol. The minimum Gasteiger partial charge on any atom is -0.462 e. The zero-order valence-electron chi connectivity index (χ0n) is 38.0. The van der Waals surface area contributed by atoms with Crippen molar-refractivity contribution >= 4 is 17.9 Å². The molecule has 0 aliphatic carbocycles. The van der Waals surface area contributed by atoms with Crippen LogP contribution in [0.1, 0.15) is 201 Å². The van der Waals surface area contributed by atoms with Crippen molar-refractivity contribution in [3.63, 3.8) is 0 Å². The third kappa shape index (κ3) is 45.3. The highest BCUT2D eigenvalue weighted by Gasteiger charge is 2.19. The van der Waals surface area contributed by atoms with E-state index in [9.17, 15) is 14.4 Å². The molecule has 0 aromatic rings. The van der Waals surface area contributed by atoms with Crippen LogP contribution in [0.15, 0.2) is 97.2 Å².